The highest BCUT2D eigenvalue weighted by Crippen LogP contribution is 2.37. The lowest BCUT2D eigenvalue weighted by molar-refractivity contribution is 0.192. The fraction of sp³-hybridized carbons (Fsp3) is 0.200. The number of alkyl halides is 2. The minimum absolute atomic E-state index is 0.140. The molecule has 0 amide bonds. The van der Waals surface area contributed by atoms with Crippen LogP contribution in [0.4, 0.5) is 0 Å². The summed E-state index contributed by atoms with van der Waals surface area (Å²) in [4.78, 5) is 5.54. The van der Waals surface area contributed by atoms with E-state index < -0.39 is 0 Å². The Morgan fingerprint density at radius 1 is 0.895 bits per heavy atom. The molecule has 0 aliphatic carbocycles. The van der Waals surface area contributed by atoms with Gasteiger partial charge in [0, 0.05) is 0 Å². The van der Waals surface area contributed by atoms with Crippen LogP contribution in [0.2, 0.25) is 0 Å². The molecule has 1 aliphatic heterocycles. The van der Waals surface area contributed by atoms with Gasteiger partial charge >= 0.3 is 0 Å². The van der Waals surface area contributed by atoms with Crippen LogP contribution in [0.15, 0.2) is 60.7 Å². The monoisotopic (exact) mass is 295 g/mol. The van der Waals surface area contributed by atoms with Gasteiger partial charge in [0.25, 0.3) is 0 Å². The van der Waals surface area contributed by atoms with Gasteiger partial charge in [0.2, 0.25) is 0 Å². The number of halogens is 2. The molecular weight excluding hydrogens is 281 g/mol. The molecule has 1 fully saturated rings. The van der Waals surface area contributed by atoms with Gasteiger partial charge in [-0.1, -0.05) is 60.7 Å². The topological polar surface area (TPSA) is 15.5 Å². The van der Waals surface area contributed by atoms with Gasteiger partial charge in [0.05, 0.1) is 11.9 Å². The molecule has 0 aromatic heterocycles. The molecule has 2 nitrogen and oxygen atoms in total. The number of hydroxylamine groups is 2. The van der Waals surface area contributed by atoms with Gasteiger partial charge in [-0.3, -0.25) is 4.84 Å². The van der Waals surface area contributed by atoms with Crippen LogP contribution in [-0.4, -0.2) is 10.4 Å². The molecule has 0 spiro atoms. The van der Waals surface area contributed by atoms with Gasteiger partial charge < -0.3 is 0 Å². The minimum atomic E-state index is 0.140. The fourth-order valence-corrected chi connectivity index (χ4v) is 1.83. The number of hydrogen-bond acceptors (Lipinski definition) is 2. The summed E-state index contributed by atoms with van der Waals surface area (Å²) in [6.07, 6.45) is 0.140. The molecule has 2 aromatic rings. The largest absolute Gasteiger partial charge is 0.270 e. The van der Waals surface area contributed by atoms with E-state index in [4.69, 9.17) is 28.0 Å². The van der Waals surface area contributed by atoms with Crippen molar-refractivity contribution in [3.05, 3.63) is 71.8 Å². The first-order valence-corrected chi connectivity index (χ1v) is 7.06. The second-order valence-corrected chi connectivity index (χ2v) is 4.84. The highest BCUT2D eigenvalue weighted by Gasteiger charge is 2.37. The Morgan fingerprint density at radius 2 is 1.42 bits per heavy atom. The van der Waals surface area contributed by atoms with E-state index in [1.165, 1.54) is 11.1 Å². The van der Waals surface area contributed by atoms with E-state index in [-0.39, 0.29) is 11.6 Å². The Hall–Kier alpha value is -1.06. The molecule has 0 saturated carbocycles. The van der Waals surface area contributed by atoms with Crippen LogP contribution in [-0.2, 0) is 11.4 Å². The third-order valence-corrected chi connectivity index (χ3v) is 2.72. The Bertz CT molecular complexity index is 478. The van der Waals surface area contributed by atoms with Gasteiger partial charge in [0.1, 0.15) is 0 Å². The quantitative estimate of drug-likeness (QED) is 0.609. The van der Waals surface area contributed by atoms with Crippen LogP contribution < -0.4 is 0 Å². The van der Waals surface area contributed by atoms with E-state index in [1.807, 2.05) is 29.3 Å². The van der Waals surface area contributed by atoms with Crippen molar-refractivity contribution in [2.45, 2.75) is 12.8 Å². The molecule has 2 atom stereocenters. The molecule has 2 aromatic carbocycles. The second kappa shape index (κ2) is 7.51. The summed E-state index contributed by atoms with van der Waals surface area (Å²) in [6, 6.07) is 20.6. The van der Waals surface area contributed by atoms with Gasteiger partial charge in [-0.25, -0.2) is 0 Å². The standard InChI is InChI=1S/C14H13NO.CH2Cl2/c1-3-7-12(8-4-1)11-15-14(16-15)13-9-5-2-6-10-13;2-1-3/h1-10,14H,11H2;1H2. The van der Waals surface area contributed by atoms with E-state index in [9.17, 15) is 0 Å². The molecular formula is C15H15Cl2NO. The lowest BCUT2D eigenvalue weighted by atomic mass is 10.2. The summed E-state index contributed by atoms with van der Waals surface area (Å²) >= 11 is 9.53. The first-order valence-electron chi connectivity index (χ1n) is 5.99. The Balaban J connectivity index is 0.000000408. The first-order chi connectivity index (χ1) is 9.35. The maximum absolute atomic E-state index is 5.54. The van der Waals surface area contributed by atoms with Crippen molar-refractivity contribution in [3.8, 4) is 0 Å². The molecule has 1 saturated heterocycles. The second-order valence-electron chi connectivity index (χ2n) is 4.03. The lowest BCUT2D eigenvalue weighted by Crippen LogP contribution is -1.97. The normalized spacial score (nSPS) is 20.3. The zero-order valence-corrected chi connectivity index (χ0v) is 11.9. The average molecular weight is 296 g/mol. The summed E-state index contributed by atoms with van der Waals surface area (Å²) in [7, 11) is 0. The Labute approximate surface area is 123 Å². The third-order valence-electron chi connectivity index (χ3n) is 2.72. The predicted octanol–water partition coefficient (Wildman–Crippen LogP) is 4.55. The highest BCUT2D eigenvalue weighted by molar-refractivity contribution is 6.40. The molecule has 0 bridgehead atoms. The van der Waals surface area contributed by atoms with Crippen LogP contribution >= 0.6 is 23.2 Å². The number of hydrogen-bond donors (Lipinski definition) is 0. The summed E-state index contributed by atoms with van der Waals surface area (Å²) in [5.41, 5.74) is 2.50. The number of rotatable bonds is 3. The lowest BCUT2D eigenvalue weighted by Gasteiger charge is -1.98. The van der Waals surface area contributed by atoms with Crippen molar-refractivity contribution in [2.75, 3.05) is 5.34 Å². The minimum Gasteiger partial charge on any atom is -0.270 e. The van der Waals surface area contributed by atoms with Crippen LogP contribution in [0.25, 0.3) is 0 Å². The Morgan fingerprint density at radius 3 is 2.00 bits per heavy atom. The van der Waals surface area contributed by atoms with Crippen molar-refractivity contribution >= 4 is 23.2 Å². The van der Waals surface area contributed by atoms with Gasteiger partial charge in [-0.05, 0) is 11.1 Å². The molecule has 2 unspecified atom stereocenters. The van der Waals surface area contributed by atoms with Crippen molar-refractivity contribution in [2.24, 2.45) is 0 Å². The van der Waals surface area contributed by atoms with Crippen LogP contribution in [0.5, 0.6) is 0 Å². The molecule has 1 heterocycles. The SMILES string of the molecule is ClCCl.c1ccc(CN2OC2c2ccccc2)cc1. The smallest absolute Gasteiger partial charge is 0.180 e. The third kappa shape index (κ3) is 4.51. The van der Waals surface area contributed by atoms with Crippen LogP contribution in [0.3, 0.4) is 0 Å². The predicted molar refractivity (Wildman–Crippen MR) is 78.8 cm³/mol. The van der Waals surface area contributed by atoms with Gasteiger partial charge in [-0.2, -0.15) is 0 Å². The molecule has 0 radical (unpaired) electrons. The fourth-order valence-electron chi connectivity index (χ4n) is 1.83. The van der Waals surface area contributed by atoms with E-state index in [0.29, 0.717) is 0 Å². The number of nitrogens with zero attached hydrogens (tertiary/aromatic N) is 1. The van der Waals surface area contributed by atoms with E-state index in [2.05, 4.69) is 36.4 Å². The molecule has 19 heavy (non-hydrogen) atoms. The highest BCUT2D eigenvalue weighted by atomic mass is 35.5. The number of benzene rings is 2. The van der Waals surface area contributed by atoms with E-state index >= 15 is 0 Å². The van der Waals surface area contributed by atoms with E-state index in [0.717, 1.165) is 6.54 Å². The zero-order chi connectivity index (χ0) is 13.5. The van der Waals surface area contributed by atoms with Crippen LogP contribution in [0.1, 0.15) is 17.4 Å². The van der Waals surface area contributed by atoms with Crippen molar-refractivity contribution in [1.29, 1.82) is 0 Å². The van der Waals surface area contributed by atoms with Gasteiger partial charge in [-0.15, -0.1) is 28.3 Å². The summed E-state index contributed by atoms with van der Waals surface area (Å²) in [6.45, 7) is 0.848. The van der Waals surface area contributed by atoms with Crippen molar-refractivity contribution < 1.29 is 4.84 Å². The van der Waals surface area contributed by atoms with Gasteiger partial charge in [0.15, 0.2) is 6.23 Å². The summed E-state index contributed by atoms with van der Waals surface area (Å²) < 4.78 is 0. The molecule has 100 valence electrons. The summed E-state index contributed by atoms with van der Waals surface area (Å²) in [5, 5.41) is 2.19. The molecule has 0 N–H and O–H groups in total. The molecule has 3 rings (SSSR count). The molecule has 1 aliphatic rings. The zero-order valence-electron chi connectivity index (χ0n) is 10.4. The summed E-state index contributed by atoms with van der Waals surface area (Å²) in [5.74, 6) is 0. The van der Waals surface area contributed by atoms with Crippen molar-refractivity contribution in [1.82, 2.24) is 5.06 Å². The maximum Gasteiger partial charge on any atom is 0.180 e. The maximum atomic E-state index is 5.54. The molecule has 4 heteroatoms. The average Bonchev–Trinajstić information content (AvgIpc) is 3.21. The Kier molecular flexibility index (Phi) is 5.67. The van der Waals surface area contributed by atoms with E-state index in [1.54, 1.807) is 0 Å². The van der Waals surface area contributed by atoms with Crippen molar-refractivity contribution in [3.63, 3.8) is 0 Å². The first kappa shape index (κ1) is 14.4. The van der Waals surface area contributed by atoms with Crippen LogP contribution in [0, 0.1) is 0 Å².